The first kappa shape index (κ1) is 15.2. The Kier molecular flexibility index (Phi) is 4.06. The minimum atomic E-state index is -0.336. The molecule has 0 bridgehead atoms. The third-order valence-corrected chi connectivity index (χ3v) is 4.92. The van der Waals surface area contributed by atoms with Crippen LogP contribution >= 0.6 is 0 Å². The van der Waals surface area contributed by atoms with E-state index in [1.54, 1.807) is 0 Å². The summed E-state index contributed by atoms with van der Waals surface area (Å²) in [6.45, 7) is 5.41. The van der Waals surface area contributed by atoms with E-state index in [0.29, 0.717) is 17.8 Å². The highest BCUT2D eigenvalue weighted by atomic mass is 16.3. The average Bonchev–Trinajstić information content (AvgIpc) is 3.03. The first-order chi connectivity index (χ1) is 10.5. The van der Waals surface area contributed by atoms with Crippen LogP contribution in [0.3, 0.4) is 0 Å². The van der Waals surface area contributed by atoms with Gasteiger partial charge in [-0.15, -0.1) is 0 Å². The summed E-state index contributed by atoms with van der Waals surface area (Å²) in [4.78, 5) is 10.7. The predicted octanol–water partition coefficient (Wildman–Crippen LogP) is 1.67. The molecule has 22 heavy (non-hydrogen) atoms. The van der Waals surface area contributed by atoms with Crippen molar-refractivity contribution in [2.45, 2.75) is 44.9 Å². The normalized spacial score (nSPS) is 25.6. The molecule has 2 heterocycles. The van der Waals surface area contributed by atoms with Crippen molar-refractivity contribution in [2.75, 3.05) is 19.3 Å². The zero-order valence-electron chi connectivity index (χ0n) is 13.5. The molecule has 0 saturated heterocycles. The highest BCUT2D eigenvalue weighted by Gasteiger charge is 2.35. The molecule has 1 aliphatic carbocycles. The maximum atomic E-state index is 10.5. The van der Waals surface area contributed by atoms with Crippen LogP contribution in [0.1, 0.15) is 32.7 Å². The van der Waals surface area contributed by atoms with Gasteiger partial charge in [0.2, 0.25) is 0 Å². The predicted molar refractivity (Wildman–Crippen MR) is 87.5 cm³/mol. The number of hydrogen-bond acceptors (Lipinski definition) is 5. The van der Waals surface area contributed by atoms with Crippen LogP contribution in [0.5, 0.6) is 0 Å². The minimum Gasteiger partial charge on any atom is -0.391 e. The van der Waals surface area contributed by atoms with Crippen molar-refractivity contribution in [1.82, 2.24) is 19.4 Å². The summed E-state index contributed by atoms with van der Waals surface area (Å²) < 4.78 is 2.06. The SMILES string of the molecule is CC(C)N(C)C[C@@H]1C[C@@H](O)[C@H](n2ccc3c(N)ncnc32)C1. The van der Waals surface area contributed by atoms with Crippen LogP contribution < -0.4 is 5.73 Å². The van der Waals surface area contributed by atoms with Crippen LogP contribution in [0.15, 0.2) is 18.6 Å². The summed E-state index contributed by atoms with van der Waals surface area (Å²) in [6.07, 6.45) is 4.92. The van der Waals surface area contributed by atoms with Gasteiger partial charge in [-0.25, -0.2) is 9.97 Å². The number of anilines is 1. The topological polar surface area (TPSA) is 80.2 Å². The van der Waals surface area contributed by atoms with Crippen LogP contribution in [0, 0.1) is 5.92 Å². The van der Waals surface area contributed by atoms with Crippen molar-refractivity contribution in [2.24, 2.45) is 5.92 Å². The van der Waals surface area contributed by atoms with E-state index in [1.165, 1.54) is 6.33 Å². The molecule has 1 aliphatic rings. The Morgan fingerprint density at radius 3 is 2.91 bits per heavy atom. The molecule has 0 amide bonds. The standard InChI is InChI=1S/C16H25N5O/c1-10(2)20(3)8-11-6-13(14(22)7-11)21-5-4-12-15(17)18-9-19-16(12)21/h4-5,9-11,13-14,22H,6-8H2,1-3H3,(H2,17,18,19)/t11-,13+,14+/m0/s1. The summed E-state index contributed by atoms with van der Waals surface area (Å²) in [5.41, 5.74) is 6.71. The Morgan fingerprint density at radius 1 is 1.41 bits per heavy atom. The largest absolute Gasteiger partial charge is 0.391 e. The second kappa shape index (κ2) is 5.85. The fourth-order valence-electron chi connectivity index (χ4n) is 3.42. The highest BCUT2D eigenvalue weighted by molar-refractivity contribution is 5.86. The lowest BCUT2D eigenvalue weighted by Crippen LogP contribution is -2.31. The van der Waals surface area contributed by atoms with Crippen molar-refractivity contribution >= 4 is 16.9 Å². The lowest BCUT2D eigenvalue weighted by Gasteiger charge is -2.24. The number of fused-ring (bicyclic) bond motifs is 1. The molecule has 120 valence electrons. The van der Waals surface area contributed by atoms with Gasteiger partial charge in [-0.1, -0.05) is 0 Å². The Bertz CT molecular complexity index is 653. The first-order valence-electron chi connectivity index (χ1n) is 7.92. The average molecular weight is 303 g/mol. The molecular weight excluding hydrogens is 278 g/mol. The Balaban J connectivity index is 1.81. The summed E-state index contributed by atoms with van der Waals surface area (Å²) in [7, 11) is 2.14. The third kappa shape index (κ3) is 2.68. The fourth-order valence-corrected chi connectivity index (χ4v) is 3.42. The van der Waals surface area contributed by atoms with Crippen LogP contribution in [-0.4, -0.2) is 50.3 Å². The lowest BCUT2D eigenvalue weighted by atomic mass is 10.1. The number of nitrogens with two attached hydrogens (primary N) is 1. The molecule has 3 N–H and O–H groups in total. The van der Waals surface area contributed by atoms with E-state index in [1.807, 2.05) is 12.3 Å². The van der Waals surface area contributed by atoms with Crippen LogP contribution in [0.25, 0.3) is 11.0 Å². The number of aliphatic hydroxyl groups is 1. The van der Waals surface area contributed by atoms with E-state index in [0.717, 1.165) is 30.4 Å². The molecule has 0 aromatic carbocycles. The van der Waals surface area contributed by atoms with Gasteiger partial charge in [-0.3, -0.25) is 0 Å². The molecule has 3 atom stereocenters. The van der Waals surface area contributed by atoms with Crippen LogP contribution in [0.4, 0.5) is 5.82 Å². The Hall–Kier alpha value is -1.66. The maximum Gasteiger partial charge on any atom is 0.145 e. The van der Waals surface area contributed by atoms with Crippen molar-refractivity contribution in [3.05, 3.63) is 18.6 Å². The van der Waals surface area contributed by atoms with Crippen LogP contribution in [-0.2, 0) is 0 Å². The molecule has 0 spiro atoms. The first-order valence-corrected chi connectivity index (χ1v) is 7.92. The summed E-state index contributed by atoms with van der Waals surface area (Å²) in [5, 5.41) is 11.4. The smallest absolute Gasteiger partial charge is 0.145 e. The van der Waals surface area contributed by atoms with Gasteiger partial charge in [-0.2, -0.15) is 0 Å². The molecule has 0 unspecified atom stereocenters. The summed E-state index contributed by atoms with van der Waals surface area (Å²) >= 11 is 0. The van der Waals surface area contributed by atoms with Crippen molar-refractivity contribution in [3.63, 3.8) is 0 Å². The summed E-state index contributed by atoms with van der Waals surface area (Å²) in [6, 6.07) is 2.53. The van der Waals surface area contributed by atoms with Gasteiger partial charge in [0.15, 0.2) is 0 Å². The monoisotopic (exact) mass is 303 g/mol. The Morgan fingerprint density at radius 2 is 2.18 bits per heavy atom. The van der Waals surface area contributed by atoms with Crippen LogP contribution in [0.2, 0.25) is 0 Å². The van der Waals surface area contributed by atoms with Gasteiger partial charge < -0.3 is 20.3 Å². The Labute approximate surface area is 131 Å². The van der Waals surface area contributed by atoms with Crippen molar-refractivity contribution < 1.29 is 5.11 Å². The highest BCUT2D eigenvalue weighted by Crippen LogP contribution is 2.37. The second-order valence-corrected chi connectivity index (χ2v) is 6.72. The van der Waals surface area contributed by atoms with E-state index in [4.69, 9.17) is 5.73 Å². The maximum absolute atomic E-state index is 10.5. The number of aromatic nitrogens is 3. The van der Waals surface area contributed by atoms with Gasteiger partial charge in [0.25, 0.3) is 0 Å². The summed E-state index contributed by atoms with van der Waals surface area (Å²) in [5.74, 6) is 0.997. The quantitative estimate of drug-likeness (QED) is 0.898. The number of nitrogens with zero attached hydrogens (tertiary/aromatic N) is 4. The molecular formula is C16H25N5O. The van der Waals surface area contributed by atoms with E-state index in [9.17, 15) is 5.11 Å². The molecule has 2 aromatic heterocycles. The number of nitrogen functional groups attached to an aromatic ring is 1. The molecule has 6 nitrogen and oxygen atoms in total. The lowest BCUT2D eigenvalue weighted by molar-refractivity contribution is 0.134. The number of rotatable bonds is 4. The van der Waals surface area contributed by atoms with Gasteiger partial charge in [0.05, 0.1) is 17.5 Å². The zero-order chi connectivity index (χ0) is 15.9. The third-order valence-electron chi connectivity index (χ3n) is 4.92. The van der Waals surface area contributed by atoms with Gasteiger partial charge in [0, 0.05) is 18.8 Å². The fraction of sp³-hybridized carbons (Fsp3) is 0.625. The molecule has 6 heteroatoms. The molecule has 1 fully saturated rings. The zero-order valence-corrected chi connectivity index (χ0v) is 13.5. The molecule has 0 radical (unpaired) electrons. The van der Waals surface area contributed by atoms with Gasteiger partial charge in [0.1, 0.15) is 17.8 Å². The molecule has 2 aromatic rings. The van der Waals surface area contributed by atoms with E-state index in [-0.39, 0.29) is 12.1 Å². The second-order valence-electron chi connectivity index (χ2n) is 6.72. The molecule has 0 aliphatic heterocycles. The van der Waals surface area contributed by atoms with E-state index < -0.39 is 0 Å². The van der Waals surface area contributed by atoms with E-state index in [2.05, 4.69) is 40.3 Å². The molecule has 1 saturated carbocycles. The minimum absolute atomic E-state index is 0.0670. The number of aliphatic hydroxyl groups excluding tert-OH is 1. The molecule has 3 rings (SSSR count). The van der Waals surface area contributed by atoms with Gasteiger partial charge >= 0.3 is 0 Å². The van der Waals surface area contributed by atoms with Gasteiger partial charge in [-0.05, 0) is 45.7 Å². The van der Waals surface area contributed by atoms with Crippen molar-refractivity contribution in [3.8, 4) is 0 Å². The number of hydrogen-bond donors (Lipinski definition) is 2. The van der Waals surface area contributed by atoms with E-state index >= 15 is 0 Å². The van der Waals surface area contributed by atoms with Crippen molar-refractivity contribution in [1.29, 1.82) is 0 Å².